The van der Waals surface area contributed by atoms with E-state index in [0.29, 0.717) is 0 Å². The van der Waals surface area contributed by atoms with Gasteiger partial charge in [-0.15, -0.1) is 34.3 Å². The van der Waals surface area contributed by atoms with E-state index >= 15 is 0 Å². The summed E-state index contributed by atoms with van der Waals surface area (Å²) >= 11 is 10.3. The lowest BCUT2D eigenvalue weighted by Crippen LogP contribution is -2.07. The number of alkyl halides is 1. The van der Waals surface area contributed by atoms with Crippen molar-refractivity contribution in [2.45, 2.75) is 31.6 Å². The zero-order valence-electron chi connectivity index (χ0n) is 11.8. The van der Waals surface area contributed by atoms with Crippen molar-refractivity contribution in [3.05, 3.63) is 57.1 Å². The molecule has 0 bridgehead atoms. The number of benzene rings is 1. The fourth-order valence-electron chi connectivity index (χ4n) is 2.24. The molecule has 0 radical (unpaired) electrons. The van der Waals surface area contributed by atoms with Gasteiger partial charge in [0.25, 0.3) is 0 Å². The molecule has 20 heavy (non-hydrogen) atoms. The summed E-state index contributed by atoms with van der Waals surface area (Å²) in [6, 6.07) is 12.9. The van der Waals surface area contributed by atoms with E-state index in [1.165, 1.54) is 25.4 Å². The Morgan fingerprint density at radius 3 is 2.50 bits per heavy atom. The number of halogens is 1. The summed E-state index contributed by atoms with van der Waals surface area (Å²) < 4.78 is 1.31. The molecule has 0 aliphatic rings. The minimum atomic E-state index is -0.0488. The molecular formula is C17H17ClS2. The predicted molar refractivity (Wildman–Crippen MR) is 92.5 cm³/mol. The molecule has 0 N–H and O–H groups in total. The minimum absolute atomic E-state index is 0.0488. The molecule has 0 saturated carbocycles. The van der Waals surface area contributed by atoms with Crippen molar-refractivity contribution in [2.75, 3.05) is 0 Å². The Balaban J connectivity index is 2.00. The standard InChI is InChI=1S/C17H17ClS2/c1-17(2,3)15-9-8-14(20-15)16(18)12-10-19-13-7-5-4-6-11(12)13/h4-10,16H,1-3H3. The Bertz CT molecular complexity index is 731. The maximum atomic E-state index is 6.73. The summed E-state index contributed by atoms with van der Waals surface area (Å²) in [5, 5.41) is 3.43. The first kappa shape index (κ1) is 14.1. The molecule has 104 valence electrons. The van der Waals surface area contributed by atoms with Gasteiger partial charge in [-0.05, 0) is 39.9 Å². The summed E-state index contributed by atoms with van der Waals surface area (Å²) in [7, 11) is 0. The van der Waals surface area contributed by atoms with Crippen LogP contribution in [-0.4, -0.2) is 0 Å². The van der Waals surface area contributed by atoms with Gasteiger partial charge in [0.05, 0.1) is 5.38 Å². The third-order valence-electron chi connectivity index (χ3n) is 3.40. The molecule has 0 saturated heterocycles. The smallest absolute Gasteiger partial charge is 0.0941 e. The summed E-state index contributed by atoms with van der Waals surface area (Å²) in [5.41, 5.74) is 1.42. The number of hydrogen-bond donors (Lipinski definition) is 0. The normalized spacial score (nSPS) is 13.8. The van der Waals surface area contributed by atoms with Crippen LogP contribution >= 0.6 is 34.3 Å². The summed E-state index contributed by atoms with van der Waals surface area (Å²) in [5.74, 6) is 0. The molecule has 0 amide bonds. The van der Waals surface area contributed by atoms with Gasteiger partial charge in [-0.3, -0.25) is 0 Å². The van der Waals surface area contributed by atoms with Crippen LogP contribution in [0.4, 0.5) is 0 Å². The number of rotatable bonds is 2. The van der Waals surface area contributed by atoms with E-state index in [4.69, 9.17) is 11.6 Å². The molecule has 3 rings (SSSR count). The second-order valence-corrected chi connectivity index (χ2v) is 8.46. The van der Waals surface area contributed by atoms with Gasteiger partial charge in [0.1, 0.15) is 0 Å². The molecule has 2 aromatic heterocycles. The van der Waals surface area contributed by atoms with Gasteiger partial charge in [-0.1, -0.05) is 39.0 Å². The number of thiophene rings is 2. The van der Waals surface area contributed by atoms with Gasteiger partial charge in [-0.25, -0.2) is 0 Å². The van der Waals surface area contributed by atoms with E-state index in [1.54, 1.807) is 11.3 Å². The molecule has 1 atom stereocenters. The third kappa shape index (κ3) is 2.52. The van der Waals surface area contributed by atoms with Crippen LogP contribution in [0.15, 0.2) is 41.8 Å². The molecule has 1 aromatic carbocycles. The SMILES string of the molecule is CC(C)(C)c1ccc(C(Cl)c2csc3ccccc23)s1. The van der Waals surface area contributed by atoms with Crippen LogP contribution in [0.25, 0.3) is 10.1 Å². The van der Waals surface area contributed by atoms with Crippen molar-refractivity contribution < 1.29 is 0 Å². The fourth-order valence-corrected chi connectivity index (χ4v) is 4.75. The van der Waals surface area contributed by atoms with Gasteiger partial charge in [-0.2, -0.15) is 0 Å². The topological polar surface area (TPSA) is 0 Å². The highest BCUT2D eigenvalue weighted by Gasteiger charge is 2.21. The summed E-state index contributed by atoms with van der Waals surface area (Å²) in [6.07, 6.45) is 0. The Morgan fingerprint density at radius 2 is 1.80 bits per heavy atom. The van der Waals surface area contributed by atoms with Gasteiger partial charge >= 0.3 is 0 Å². The van der Waals surface area contributed by atoms with E-state index in [-0.39, 0.29) is 10.8 Å². The monoisotopic (exact) mass is 320 g/mol. The van der Waals surface area contributed by atoms with Crippen molar-refractivity contribution in [3.63, 3.8) is 0 Å². The Kier molecular flexibility index (Phi) is 3.65. The average molecular weight is 321 g/mol. The van der Waals surface area contributed by atoms with Crippen LogP contribution in [0.1, 0.15) is 41.5 Å². The molecule has 0 aliphatic carbocycles. The first-order valence-corrected chi connectivity index (χ1v) is 8.80. The number of fused-ring (bicyclic) bond motifs is 1. The highest BCUT2D eigenvalue weighted by molar-refractivity contribution is 7.17. The van der Waals surface area contributed by atoms with E-state index in [9.17, 15) is 0 Å². The highest BCUT2D eigenvalue weighted by Crippen LogP contribution is 2.41. The Hall–Kier alpha value is -0.830. The maximum absolute atomic E-state index is 6.73. The van der Waals surface area contributed by atoms with E-state index in [2.05, 4.69) is 62.5 Å². The molecule has 1 unspecified atom stereocenters. The van der Waals surface area contributed by atoms with Crippen LogP contribution in [0.5, 0.6) is 0 Å². The molecule has 0 spiro atoms. The first-order valence-electron chi connectivity index (χ1n) is 6.67. The zero-order chi connectivity index (χ0) is 14.3. The lowest BCUT2D eigenvalue weighted by Gasteiger charge is -2.15. The Labute approximate surface area is 133 Å². The quantitative estimate of drug-likeness (QED) is 0.467. The summed E-state index contributed by atoms with van der Waals surface area (Å²) in [4.78, 5) is 2.62. The lowest BCUT2D eigenvalue weighted by molar-refractivity contribution is 0.604. The largest absolute Gasteiger partial charge is 0.143 e. The molecule has 0 nitrogen and oxygen atoms in total. The van der Waals surface area contributed by atoms with Crippen molar-refractivity contribution in [2.24, 2.45) is 0 Å². The maximum Gasteiger partial charge on any atom is 0.0941 e. The van der Waals surface area contributed by atoms with Crippen LogP contribution in [0.2, 0.25) is 0 Å². The van der Waals surface area contributed by atoms with Crippen molar-refractivity contribution in [3.8, 4) is 0 Å². The fraction of sp³-hybridized carbons (Fsp3) is 0.294. The zero-order valence-corrected chi connectivity index (χ0v) is 14.2. The molecule has 3 aromatic rings. The van der Waals surface area contributed by atoms with Crippen molar-refractivity contribution in [1.82, 2.24) is 0 Å². The Morgan fingerprint density at radius 1 is 1.05 bits per heavy atom. The molecular weight excluding hydrogens is 304 g/mol. The lowest BCUT2D eigenvalue weighted by atomic mass is 9.95. The summed E-state index contributed by atoms with van der Waals surface area (Å²) in [6.45, 7) is 6.73. The molecule has 3 heteroatoms. The number of hydrogen-bond acceptors (Lipinski definition) is 2. The molecule has 0 aliphatic heterocycles. The van der Waals surface area contributed by atoms with Crippen LogP contribution in [0, 0.1) is 0 Å². The molecule has 0 fully saturated rings. The van der Waals surface area contributed by atoms with E-state index < -0.39 is 0 Å². The van der Waals surface area contributed by atoms with Gasteiger partial charge < -0.3 is 0 Å². The van der Waals surface area contributed by atoms with E-state index in [1.807, 2.05) is 11.3 Å². The van der Waals surface area contributed by atoms with Crippen LogP contribution in [0.3, 0.4) is 0 Å². The van der Waals surface area contributed by atoms with Crippen molar-refractivity contribution >= 4 is 44.4 Å². The predicted octanol–water partition coefficient (Wildman–Crippen LogP) is 6.59. The first-order chi connectivity index (χ1) is 9.47. The van der Waals surface area contributed by atoms with Crippen molar-refractivity contribution in [1.29, 1.82) is 0 Å². The second-order valence-electron chi connectivity index (χ2n) is 6.00. The van der Waals surface area contributed by atoms with Gasteiger partial charge in [0, 0.05) is 14.5 Å². The van der Waals surface area contributed by atoms with E-state index in [0.717, 1.165) is 0 Å². The molecule has 2 heterocycles. The highest BCUT2D eigenvalue weighted by atomic mass is 35.5. The van der Waals surface area contributed by atoms with Gasteiger partial charge in [0.2, 0.25) is 0 Å². The minimum Gasteiger partial charge on any atom is -0.143 e. The third-order valence-corrected chi connectivity index (χ3v) is 6.56. The van der Waals surface area contributed by atoms with Gasteiger partial charge in [0.15, 0.2) is 0 Å². The van der Waals surface area contributed by atoms with Crippen LogP contribution in [-0.2, 0) is 5.41 Å². The average Bonchev–Trinajstić information content (AvgIpc) is 3.04. The second kappa shape index (κ2) is 5.18. The van der Waals surface area contributed by atoms with Crippen LogP contribution < -0.4 is 0 Å².